The van der Waals surface area contributed by atoms with Gasteiger partial charge in [-0.3, -0.25) is 4.79 Å². The maximum Gasteiger partial charge on any atom is 0.340 e. The van der Waals surface area contributed by atoms with E-state index in [1.54, 1.807) is 12.1 Å². The Morgan fingerprint density at radius 1 is 1.03 bits per heavy atom. The van der Waals surface area contributed by atoms with Gasteiger partial charge in [0.05, 0.1) is 35.5 Å². The van der Waals surface area contributed by atoms with Gasteiger partial charge in [0, 0.05) is 39.3 Å². The number of morpholine rings is 1. The Bertz CT molecular complexity index is 967. The Kier molecular flexibility index (Phi) is 8.41. The van der Waals surface area contributed by atoms with Crippen LogP contribution in [0.3, 0.4) is 0 Å². The predicted octanol–water partition coefficient (Wildman–Crippen LogP) is 1.15. The minimum absolute atomic E-state index is 0.00701. The largest absolute Gasteiger partial charge is 0.452 e. The Labute approximate surface area is 200 Å². The van der Waals surface area contributed by atoms with Crippen molar-refractivity contribution in [1.29, 1.82) is 0 Å². The van der Waals surface area contributed by atoms with E-state index in [1.165, 1.54) is 10.4 Å². The number of benzene rings is 1. The number of hydrogen-bond donors (Lipinski definition) is 1. The summed E-state index contributed by atoms with van der Waals surface area (Å²) in [5.41, 5.74) is 0.786. The normalized spacial score (nSPS) is 21.9. The fourth-order valence-electron chi connectivity index (χ4n) is 4.48. The third-order valence-corrected chi connectivity index (χ3v) is 8.27. The lowest BCUT2D eigenvalue weighted by molar-refractivity contribution is -0.124. The summed E-state index contributed by atoms with van der Waals surface area (Å²) in [5.74, 6) is -1.13. The summed E-state index contributed by atoms with van der Waals surface area (Å²) < 4.78 is 43.7. The Hall–Kier alpha value is -2.21. The molecule has 0 spiro atoms. The van der Waals surface area contributed by atoms with E-state index in [0.29, 0.717) is 32.1 Å². The SMILES string of the molecule is O=C(COC(=O)c1cc(S(=O)(=O)N2CCOCC2)ccc1N1CCCCC1)NCC1CCCO1. The van der Waals surface area contributed by atoms with Crippen molar-refractivity contribution < 1.29 is 32.2 Å². The van der Waals surface area contributed by atoms with Crippen LogP contribution in [-0.4, -0.2) is 89.9 Å². The second kappa shape index (κ2) is 11.5. The van der Waals surface area contributed by atoms with E-state index >= 15 is 0 Å². The summed E-state index contributed by atoms with van der Waals surface area (Å²) in [4.78, 5) is 27.3. The first-order chi connectivity index (χ1) is 16.4. The summed E-state index contributed by atoms with van der Waals surface area (Å²) >= 11 is 0. The molecule has 3 fully saturated rings. The van der Waals surface area contributed by atoms with Gasteiger partial charge in [0.2, 0.25) is 10.0 Å². The lowest BCUT2D eigenvalue weighted by Crippen LogP contribution is -2.40. The van der Waals surface area contributed by atoms with Crippen LogP contribution >= 0.6 is 0 Å². The minimum atomic E-state index is -3.78. The highest BCUT2D eigenvalue weighted by atomic mass is 32.2. The molecule has 1 atom stereocenters. The number of esters is 1. The zero-order chi connectivity index (χ0) is 24.0. The van der Waals surface area contributed by atoms with Crippen LogP contribution < -0.4 is 10.2 Å². The van der Waals surface area contributed by atoms with Gasteiger partial charge in [-0.2, -0.15) is 4.31 Å². The number of sulfonamides is 1. The highest BCUT2D eigenvalue weighted by Gasteiger charge is 2.29. The van der Waals surface area contributed by atoms with Gasteiger partial charge in [-0.1, -0.05) is 0 Å². The standard InChI is InChI=1S/C23H33N3O7S/c27-22(24-16-18-5-4-12-32-18)17-33-23(28)20-15-19(34(29,30)26-10-13-31-14-11-26)6-7-21(20)25-8-2-1-3-9-25/h6-7,15,18H,1-5,8-14,16-17H2,(H,24,27). The van der Waals surface area contributed by atoms with Crippen LogP contribution in [0.1, 0.15) is 42.5 Å². The van der Waals surface area contributed by atoms with Crippen molar-refractivity contribution in [1.82, 2.24) is 9.62 Å². The van der Waals surface area contributed by atoms with Crippen LogP contribution in [0.15, 0.2) is 23.1 Å². The van der Waals surface area contributed by atoms with Gasteiger partial charge in [-0.05, 0) is 50.3 Å². The number of ether oxygens (including phenoxy) is 3. The fourth-order valence-corrected chi connectivity index (χ4v) is 5.91. The average molecular weight is 496 g/mol. The third kappa shape index (κ3) is 6.07. The molecular weight excluding hydrogens is 462 g/mol. The summed E-state index contributed by atoms with van der Waals surface area (Å²) in [6.45, 7) is 3.38. The highest BCUT2D eigenvalue weighted by molar-refractivity contribution is 7.89. The van der Waals surface area contributed by atoms with Crippen LogP contribution in [0, 0.1) is 0 Å². The molecule has 1 amide bonds. The van der Waals surface area contributed by atoms with Crippen molar-refractivity contribution in [3.05, 3.63) is 23.8 Å². The zero-order valence-electron chi connectivity index (χ0n) is 19.4. The monoisotopic (exact) mass is 495 g/mol. The van der Waals surface area contributed by atoms with E-state index in [4.69, 9.17) is 14.2 Å². The molecule has 3 heterocycles. The van der Waals surface area contributed by atoms with Gasteiger partial charge in [0.25, 0.3) is 5.91 Å². The maximum atomic E-state index is 13.2. The van der Waals surface area contributed by atoms with Crippen molar-refractivity contribution in [2.24, 2.45) is 0 Å². The summed E-state index contributed by atoms with van der Waals surface area (Å²) in [6, 6.07) is 4.59. The Balaban J connectivity index is 1.49. The number of amides is 1. The molecule has 1 aromatic carbocycles. The van der Waals surface area contributed by atoms with Crippen molar-refractivity contribution in [3.8, 4) is 0 Å². The quantitative estimate of drug-likeness (QED) is 0.534. The molecule has 188 valence electrons. The average Bonchev–Trinajstić information content (AvgIpc) is 3.40. The van der Waals surface area contributed by atoms with Gasteiger partial charge in [0.1, 0.15) is 0 Å². The first-order valence-corrected chi connectivity index (χ1v) is 13.4. The van der Waals surface area contributed by atoms with Gasteiger partial charge >= 0.3 is 5.97 Å². The lowest BCUT2D eigenvalue weighted by atomic mass is 10.1. The van der Waals surface area contributed by atoms with Crippen LogP contribution in [0.25, 0.3) is 0 Å². The molecule has 0 bridgehead atoms. The molecule has 3 saturated heterocycles. The maximum absolute atomic E-state index is 13.2. The van der Waals surface area contributed by atoms with Gasteiger partial charge in [-0.15, -0.1) is 0 Å². The van der Waals surface area contributed by atoms with Gasteiger partial charge in [-0.25, -0.2) is 13.2 Å². The number of carbonyl (C=O) groups excluding carboxylic acids is 2. The molecule has 1 N–H and O–H groups in total. The Morgan fingerprint density at radius 3 is 2.50 bits per heavy atom. The van der Waals surface area contributed by atoms with Crippen LogP contribution in [0.2, 0.25) is 0 Å². The summed E-state index contributed by atoms with van der Waals surface area (Å²) in [7, 11) is -3.78. The second-order valence-corrected chi connectivity index (χ2v) is 10.7. The predicted molar refractivity (Wildman–Crippen MR) is 124 cm³/mol. The van der Waals surface area contributed by atoms with Crippen molar-refractivity contribution in [3.63, 3.8) is 0 Å². The topological polar surface area (TPSA) is 114 Å². The number of nitrogens with zero attached hydrogens (tertiary/aromatic N) is 2. The van der Waals surface area contributed by atoms with Crippen LogP contribution in [0.4, 0.5) is 5.69 Å². The molecular formula is C23H33N3O7S. The molecule has 4 rings (SSSR count). The van der Waals surface area contributed by atoms with Crippen LogP contribution in [-0.2, 0) is 29.0 Å². The van der Waals surface area contributed by atoms with Gasteiger partial charge < -0.3 is 24.4 Å². The molecule has 1 unspecified atom stereocenters. The Morgan fingerprint density at radius 2 is 1.79 bits per heavy atom. The van der Waals surface area contributed by atoms with Gasteiger partial charge in [0.15, 0.2) is 6.61 Å². The molecule has 34 heavy (non-hydrogen) atoms. The van der Waals surface area contributed by atoms with E-state index in [2.05, 4.69) is 10.2 Å². The smallest absolute Gasteiger partial charge is 0.340 e. The molecule has 0 aliphatic carbocycles. The first-order valence-electron chi connectivity index (χ1n) is 12.0. The number of carbonyl (C=O) groups is 2. The molecule has 3 aliphatic rings. The number of piperidine rings is 1. The highest BCUT2D eigenvalue weighted by Crippen LogP contribution is 2.29. The molecule has 0 aromatic heterocycles. The van der Waals surface area contributed by atoms with Crippen molar-refractivity contribution in [2.75, 3.05) is 64.1 Å². The number of hydrogen-bond acceptors (Lipinski definition) is 8. The second-order valence-electron chi connectivity index (χ2n) is 8.76. The number of rotatable bonds is 8. The lowest BCUT2D eigenvalue weighted by Gasteiger charge is -2.31. The zero-order valence-corrected chi connectivity index (χ0v) is 20.2. The molecule has 11 heteroatoms. The summed E-state index contributed by atoms with van der Waals surface area (Å²) in [6.07, 6.45) is 4.96. The molecule has 1 aromatic rings. The van der Waals surface area contributed by atoms with Crippen molar-refractivity contribution >= 4 is 27.6 Å². The molecule has 3 aliphatic heterocycles. The number of nitrogens with one attached hydrogen (secondary N) is 1. The van der Waals surface area contributed by atoms with E-state index in [-0.39, 0.29) is 29.7 Å². The van der Waals surface area contributed by atoms with Crippen LogP contribution in [0.5, 0.6) is 0 Å². The fraction of sp³-hybridized carbons (Fsp3) is 0.652. The van der Waals surface area contributed by atoms with E-state index in [0.717, 1.165) is 45.2 Å². The van der Waals surface area contributed by atoms with E-state index in [9.17, 15) is 18.0 Å². The summed E-state index contributed by atoms with van der Waals surface area (Å²) in [5, 5.41) is 2.72. The first kappa shape index (κ1) is 24.9. The van der Waals surface area contributed by atoms with E-state index < -0.39 is 28.5 Å². The third-order valence-electron chi connectivity index (χ3n) is 6.38. The molecule has 0 saturated carbocycles. The molecule has 10 nitrogen and oxygen atoms in total. The van der Waals surface area contributed by atoms with Crippen molar-refractivity contribution in [2.45, 2.75) is 43.1 Å². The number of anilines is 1. The van der Waals surface area contributed by atoms with E-state index in [1.807, 2.05) is 0 Å². The minimum Gasteiger partial charge on any atom is -0.452 e. The molecule has 0 radical (unpaired) electrons.